The van der Waals surface area contributed by atoms with Gasteiger partial charge in [0, 0.05) is 0 Å². The molecule has 0 unspecified atom stereocenters. The van der Waals surface area contributed by atoms with Gasteiger partial charge in [-0.2, -0.15) is 0 Å². The molecule has 0 aliphatic rings. The number of hydrogen-bond donors (Lipinski definition) is 1. The maximum atomic E-state index is 12.0. The fraction of sp³-hybridized carbons (Fsp3) is 0.200. The van der Waals surface area contributed by atoms with Gasteiger partial charge in [-0.1, -0.05) is 23.7 Å². The molecule has 0 spiro atoms. The van der Waals surface area contributed by atoms with Crippen LogP contribution in [-0.2, 0) is 9.53 Å². The van der Waals surface area contributed by atoms with Crippen LogP contribution in [0.4, 0.5) is 11.4 Å². The zero-order valence-corrected chi connectivity index (χ0v) is 13.2. The number of benzene rings is 1. The molecule has 21 heavy (non-hydrogen) atoms. The molecule has 1 N–H and O–H groups in total. The van der Waals surface area contributed by atoms with Crippen molar-refractivity contribution in [2.75, 3.05) is 11.9 Å². The predicted octanol–water partition coefficient (Wildman–Crippen LogP) is 4.20. The Labute approximate surface area is 131 Å². The summed E-state index contributed by atoms with van der Waals surface area (Å²) < 4.78 is 4.74. The Morgan fingerprint density at radius 3 is 2.76 bits per heavy atom. The number of rotatable bonds is 5. The van der Waals surface area contributed by atoms with Crippen molar-refractivity contribution in [2.45, 2.75) is 13.8 Å². The number of carbonyl (C=O) groups is 2. The highest BCUT2D eigenvalue weighted by atomic mass is 35.5. The van der Waals surface area contributed by atoms with Crippen LogP contribution in [0.3, 0.4) is 0 Å². The van der Waals surface area contributed by atoms with E-state index < -0.39 is 11.8 Å². The highest BCUT2D eigenvalue weighted by Gasteiger charge is 2.22. The number of hydrogen-bond acceptors (Lipinski definition) is 5. The van der Waals surface area contributed by atoms with Crippen molar-refractivity contribution in [3.63, 3.8) is 0 Å². The maximum Gasteiger partial charge on any atom is 0.380 e. The Morgan fingerprint density at radius 1 is 1.33 bits per heavy atom. The first kappa shape index (κ1) is 15.5. The van der Waals surface area contributed by atoms with Crippen molar-refractivity contribution in [3.05, 3.63) is 45.1 Å². The average Bonchev–Trinajstić information content (AvgIpc) is 2.90. The normalized spacial score (nSPS) is 10.2. The number of anilines is 2. The van der Waals surface area contributed by atoms with Crippen molar-refractivity contribution < 1.29 is 14.3 Å². The molecule has 0 radical (unpaired) electrons. The monoisotopic (exact) mass is 323 g/mol. The molecule has 6 heteroatoms. The van der Waals surface area contributed by atoms with E-state index in [9.17, 15) is 9.59 Å². The standard InChI is InChI=1S/C15H14ClNO3S/c1-3-20-15(19)13(18)14-11(7-8-21-14)17-12-9(2)5-4-6-10(12)16/h4-8,17H,3H2,1-2H3. The van der Waals surface area contributed by atoms with Crippen LogP contribution in [0.25, 0.3) is 0 Å². The Morgan fingerprint density at radius 2 is 2.10 bits per heavy atom. The van der Waals surface area contributed by atoms with Crippen LogP contribution in [0, 0.1) is 6.92 Å². The Bertz CT molecular complexity index is 661. The molecule has 0 saturated carbocycles. The van der Waals surface area contributed by atoms with E-state index in [-0.39, 0.29) is 6.61 Å². The number of ether oxygens (including phenoxy) is 1. The molecular formula is C15H14ClNO3S. The highest BCUT2D eigenvalue weighted by molar-refractivity contribution is 7.13. The van der Waals surface area contributed by atoms with Crippen LogP contribution < -0.4 is 5.32 Å². The van der Waals surface area contributed by atoms with E-state index in [1.54, 1.807) is 24.4 Å². The van der Waals surface area contributed by atoms with Crippen LogP contribution in [0.2, 0.25) is 5.02 Å². The molecular weight excluding hydrogens is 310 g/mol. The number of Topliss-reactive ketones (excluding diaryl/α,β-unsaturated/α-hetero) is 1. The molecule has 0 bridgehead atoms. The van der Waals surface area contributed by atoms with Crippen molar-refractivity contribution in [1.29, 1.82) is 0 Å². The molecule has 0 aliphatic heterocycles. The molecule has 110 valence electrons. The van der Waals surface area contributed by atoms with Gasteiger partial charge >= 0.3 is 5.97 Å². The lowest BCUT2D eigenvalue weighted by Crippen LogP contribution is -2.17. The lowest BCUT2D eigenvalue weighted by atomic mass is 10.2. The number of nitrogens with one attached hydrogen (secondary N) is 1. The third-order valence-corrected chi connectivity index (χ3v) is 4.04. The molecule has 1 aromatic heterocycles. The quantitative estimate of drug-likeness (QED) is 0.509. The first-order valence-corrected chi connectivity index (χ1v) is 7.61. The van der Waals surface area contributed by atoms with Gasteiger partial charge in [0.1, 0.15) is 4.88 Å². The van der Waals surface area contributed by atoms with E-state index in [0.29, 0.717) is 15.6 Å². The van der Waals surface area contributed by atoms with Crippen molar-refractivity contribution in [1.82, 2.24) is 0 Å². The van der Waals surface area contributed by atoms with E-state index in [2.05, 4.69) is 5.32 Å². The molecule has 2 rings (SSSR count). The molecule has 0 aliphatic carbocycles. The molecule has 1 heterocycles. The summed E-state index contributed by atoms with van der Waals surface area (Å²) in [4.78, 5) is 23.9. The molecule has 4 nitrogen and oxygen atoms in total. The van der Waals surface area contributed by atoms with Gasteiger partial charge in [-0.15, -0.1) is 11.3 Å². The zero-order valence-electron chi connectivity index (χ0n) is 11.6. The van der Waals surface area contributed by atoms with Gasteiger partial charge in [0.2, 0.25) is 0 Å². The minimum Gasteiger partial charge on any atom is -0.460 e. The molecule has 0 fully saturated rings. The second-order valence-electron chi connectivity index (χ2n) is 4.27. The fourth-order valence-corrected chi connectivity index (χ4v) is 2.84. The van der Waals surface area contributed by atoms with E-state index in [1.165, 1.54) is 11.3 Å². The molecule has 2 aromatic rings. The number of carbonyl (C=O) groups excluding carboxylic acids is 2. The van der Waals surface area contributed by atoms with Crippen LogP contribution in [0.5, 0.6) is 0 Å². The molecule has 0 amide bonds. The number of aryl methyl sites for hydroxylation is 1. The van der Waals surface area contributed by atoms with Gasteiger partial charge in [-0.3, -0.25) is 4.79 Å². The predicted molar refractivity (Wildman–Crippen MR) is 84.8 cm³/mol. The van der Waals surface area contributed by atoms with Crippen molar-refractivity contribution in [2.24, 2.45) is 0 Å². The van der Waals surface area contributed by atoms with Crippen LogP contribution in [-0.4, -0.2) is 18.4 Å². The van der Waals surface area contributed by atoms with Crippen LogP contribution >= 0.6 is 22.9 Å². The summed E-state index contributed by atoms with van der Waals surface area (Å²) >= 11 is 7.34. The van der Waals surface area contributed by atoms with Crippen molar-refractivity contribution in [3.8, 4) is 0 Å². The first-order chi connectivity index (χ1) is 10.0. The van der Waals surface area contributed by atoms with Gasteiger partial charge in [0.25, 0.3) is 5.78 Å². The largest absolute Gasteiger partial charge is 0.460 e. The third-order valence-electron chi connectivity index (χ3n) is 2.81. The number of thiophene rings is 1. The van der Waals surface area contributed by atoms with Gasteiger partial charge < -0.3 is 10.1 Å². The van der Waals surface area contributed by atoms with Gasteiger partial charge in [-0.25, -0.2) is 4.79 Å². The molecule has 0 atom stereocenters. The topological polar surface area (TPSA) is 55.4 Å². The summed E-state index contributed by atoms with van der Waals surface area (Å²) in [5.41, 5.74) is 2.22. The number of halogens is 1. The molecule has 1 aromatic carbocycles. The number of ketones is 1. The maximum absolute atomic E-state index is 12.0. The Balaban J connectivity index is 2.29. The van der Waals surface area contributed by atoms with E-state index in [1.807, 2.05) is 19.1 Å². The number of esters is 1. The second kappa shape index (κ2) is 6.74. The third kappa shape index (κ3) is 3.43. The fourth-order valence-electron chi connectivity index (χ4n) is 1.80. The van der Waals surface area contributed by atoms with Crippen LogP contribution in [0.1, 0.15) is 22.2 Å². The summed E-state index contributed by atoms with van der Waals surface area (Å²) in [6, 6.07) is 7.25. The second-order valence-corrected chi connectivity index (χ2v) is 5.59. The van der Waals surface area contributed by atoms with Crippen molar-refractivity contribution >= 4 is 46.1 Å². The summed E-state index contributed by atoms with van der Waals surface area (Å²) in [5, 5.41) is 5.41. The highest BCUT2D eigenvalue weighted by Crippen LogP contribution is 2.32. The Kier molecular flexibility index (Phi) is 4.98. The lowest BCUT2D eigenvalue weighted by Gasteiger charge is -2.11. The summed E-state index contributed by atoms with van der Waals surface area (Å²) in [5.74, 6) is -1.50. The van der Waals surface area contributed by atoms with E-state index >= 15 is 0 Å². The minimum absolute atomic E-state index is 0.169. The van der Waals surface area contributed by atoms with Gasteiger partial charge in [0.05, 0.1) is 23.0 Å². The zero-order chi connectivity index (χ0) is 15.4. The molecule has 0 saturated heterocycles. The summed E-state index contributed by atoms with van der Waals surface area (Å²) in [6.07, 6.45) is 0. The van der Waals surface area contributed by atoms with Crippen LogP contribution in [0.15, 0.2) is 29.6 Å². The lowest BCUT2D eigenvalue weighted by molar-refractivity contribution is -0.137. The smallest absolute Gasteiger partial charge is 0.380 e. The first-order valence-electron chi connectivity index (χ1n) is 6.35. The average molecular weight is 324 g/mol. The van der Waals surface area contributed by atoms with E-state index in [0.717, 1.165) is 11.3 Å². The van der Waals surface area contributed by atoms with Gasteiger partial charge in [0.15, 0.2) is 0 Å². The minimum atomic E-state index is -0.848. The summed E-state index contributed by atoms with van der Waals surface area (Å²) in [7, 11) is 0. The number of para-hydroxylation sites is 1. The SMILES string of the molecule is CCOC(=O)C(=O)c1sccc1Nc1c(C)cccc1Cl. The van der Waals surface area contributed by atoms with E-state index in [4.69, 9.17) is 16.3 Å². The Hall–Kier alpha value is -1.85. The summed E-state index contributed by atoms with van der Waals surface area (Å²) in [6.45, 7) is 3.74. The van der Waals surface area contributed by atoms with Gasteiger partial charge in [-0.05, 0) is 36.9 Å².